The summed E-state index contributed by atoms with van der Waals surface area (Å²) in [5.74, 6) is -0.578. The molecule has 0 fully saturated rings. The van der Waals surface area contributed by atoms with Gasteiger partial charge >= 0.3 is 5.97 Å². The Labute approximate surface area is 197 Å². The highest BCUT2D eigenvalue weighted by Crippen LogP contribution is 2.14. The molecule has 1 aromatic rings. The molecule has 3 N–H and O–H groups in total. The first-order valence-corrected chi connectivity index (χ1v) is 12.7. The fourth-order valence-electron chi connectivity index (χ4n) is 3.85. The standard InChI is InChI=1S/C24H43N5O4/c1-20(30)18-19-21(24(32)33)25-23(31)17-15-13-11-9-7-5-3-2-4-6-8-10-12-14-16-22-26-28-29-27-22/h21H,2-19H2,1H3,(H,25,31)(H,32,33)(H,26,27,28,29)/t21-/m0/s1. The van der Waals surface area contributed by atoms with Crippen molar-refractivity contribution in [1.29, 1.82) is 0 Å². The molecule has 0 unspecified atom stereocenters. The van der Waals surface area contributed by atoms with Gasteiger partial charge in [0.1, 0.15) is 11.8 Å². The Kier molecular flexibility index (Phi) is 16.7. The molecular weight excluding hydrogens is 422 g/mol. The molecule has 0 bridgehead atoms. The number of carboxylic acids is 1. The van der Waals surface area contributed by atoms with Crippen molar-refractivity contribution in [3.63, 3.8) is 0 Å². The number of amides is 1. The number of carbonyl (C=O) groups excluding carboxylic acids is 2. The zero-order valence-electron chi connectivity index (χ0n) is 20.3. The molecule has 0 aliphatic rings. The van der Waals surface area contributed by atoms with Gasteiger partial charge in [-0.15, -0.1) is 10.2 Å². The number of rotatable bonds is 22. The maximum atomic E-state index is 11.9. The van der Waals surface area contributed by atoms with E-state index in [1.165, 1.54) is 71.1 Å². The summed E-state index contributed by atoms with van der Waals surface area (Å²) >= 11 is 0. The lowest BCUT2D eigenvalue weighted by molar-refractivity contribution is -0.142. The highest BCUT2D eigenvalue weighted by molar-refractivity contribution is 5.84. The Hall–Kier alpha value is -2.32. The van der Waals surface area contributed by atoms with Crippen molar-refractivity contribution in [1.82, 2.24) is 25.9 Å². The number of hydrogen-bond acceptors (Lipinski definition) is 6. The topological polar surface area (TPSA) is 138 Å². The number of nitrogens with zero attached hydrogens (tertiary/aromatic N) is 3. The Bertz CT molecular complexity index is 651. The number of unbranched alkanes of at least 4 members (excludes halogenated alkanes) is 13. The van der Waals surface area contributed by atoms with E-state index in [-0.39, 0.29) is 24.5 Å². The molecule has 0 aromatic carbocycles. The predicted octanol–water partition coefficient (Wildman–Crippen LogP) is 4.53. The van der Waals surface area contributed by atoms with Crippen LogP contribution in [0.4, 0.5) is 0 Å². The van der Waals surface area contributed by atoms with E-state index in [1.807, 2.05) is 0 Å². The molecule has 188 valence electrons. The molecule has 9 heteroatoms. The van der Waals surface area contributed by atoms with Crippen LogP contribution in [-0.2, 0) is 20.8 Å². The Morgan fingerprint density at radius 3 is 1.79 bits per heavy atom. The molecular formula is C24H43N5O4. The molecule has 33 heavy (non-hydrogen) atoms. The molecule has 9 nitrogen and oxygen atoms in total. The molecule has 0 saturated carbocycles. The summed E-state index contributed by atoms with van der Waals surface area (Å²) in [5.41, 5.74) is 0. The van der Waals surface area contributed by atoms with Crippen LogP contribution in [0, 0.1) is 0 Å². The van der Waals surface area contributed by atoms with Gasteiger partial charge in [0, 0.05) is 19.3 Å². The summed E-state index contributed by atoms with van der Waals surface area (Å²) in [7, 11) is 0. The normalized spacial score (nSPS) is 11.9. The maximum Gasteiger partial charge on any atom is 0.326 e. The number of H-pyrrole nitrogens is 1. The number of hydrogen-bond donors (Lipinski definition) is 3. The van der Waals surface area contributed by atoms with Crippen LogP contribution in [0.3, 0.4) is 0 Å². The van der Waals surface area contributed by atoms with E-state index >= 15 is 0 Å². The number of aromatic amines is 1. The number of Topliss-reactive ketones (excluding diaryl/α,β-unsaturated/α-hetero) is 1. The monoisotopic (exact) mass is 465 g/mol. The molecule has 1 atom stereocenters. The van der Waals surface area contributed by atoms with Crippen LogP contribution < -0.4 is 5.32 Å². The average Bonchev–Trinajstić information content (AvgIpc) is 3.29. The van der Waals surface area contributed by atoms with Gasteiger partial charge < -0.3 is 15.2 Å². The largest absolute Gasteiger partial charge is 0.480 e. The molecule has 1 heterocycles. The van der Waals surface area contributed by atoms with Gasteiger partial charge in [0.15, 0.2) is 5.82 Å². The third kappa shape index (κ3) is 16.9. The zero-order chi connectivity index (χ0) is 24.2. The fraction of sp³-hybridized carbons (Fsp3) is 0.833. The van der Waals surface area contributed by atoms with Crippen LogP contribution in [0.5, 0.6) is 0 Å². The van der Waals surface area contributed by atoms with Crippen LogP contribution in [0.25, 0.3) is 0 Å². The summed E-state index contributed by atoms with van der Waals surface area (Å²) in [6.45, 7) is 1.42. The van der Waals surface area contributed by atoms with Crippen LogP contribution in [-0.4, -0.2) is 49.4 Å². The maximum absolute atomic E-state index is 11.9. The van der Waals surface area contributed by atoms with Crippen molar-refractivity contribution >= 4 is 17.7 Å². The summed E-state index contributed by atoms with van der Waals surface area (Å²) in [6, 6.07) is -0.968. The Morgan fingerprint density at radius 1 is 0.818 bits per heavy atom. The van der Waals surface area contributed by atoms with Gasteiger partial charge in [-0.3, -0.25) is 4.79 Å². The molecule has 0 spiro atoms. The summed E-state index contributed by atoms with van der Waals surface area (Å²) in [5, 5.41) is 25.6. The van der Waals surface area contributed by atoms with E-state index in [4.69, 9.17) is 5.11 Å². The SMILES string of the molecule is CC(=O)CC[C@H](NC(=O)CCCCCCCCCCCCCCCCc1nn[nH]n1)C(=O)O. The van der Waals surface area contributed by atoms with Crippen LogP contribution in [0.2, 0.25) is 0 Å². The minimum atomic E-state index is -1.08. The number of carbonyl (C=O) groups is 3. The first-order valence-electron chi connectivity index (χ1n) is 12.7. The summed E-state index contributed by atoms with van der Waals surface area (Å²) in [6.07, 6.45) is 18.4. The lowest BCUT2D eigenvalue weighted by Crippen LogP contribution is -2.40. The first-order chi connectivity index (χ1) is 16.0. The quantitative estimate of drug-likeness (QED) is 0.214. The van der Waals surface area contributed by atoms with Crippen molar-refractivity contribution in [2.75, 3.05) is 0 Å². The van der Waals surface area contributed by atoms with Gasteiger partial charge in [-0.25, -0.2) is 4.79 Å². The second-order valence-corrected chi connectivity index (χ2v) is 8.98. The smallest absolute Gasteiger partial charge is 0.326 e. The van der Waals surface area contributed by atoms with Gasteiger partial charge in [-0.1, -0.05) is 82.3 Å². The van der Waals surface area contributed by atoms with E-state index in [0.717, 1.165) is 37.9 Å². The van der Waals surface area contributed by atoms with Crippen molar-refractivity contribution < 1.29 is 19.5 Å². The Morgan fingerprint density at radius 2 is 1.33 bits per heavy atom. The van der Waals surface area contributed by atoms with Gasteiger partial charge in [0.25, 0.3) is 0 Å². The zero-order valence-corrected chi connectivity index (χ0v) is 20.3. The van der Waals surface area contributed by atoms with Gasteiger partial charge in [0.05, 0.1) is 0 Å². The van der Waals surface area contributed by atoms with Crippen LogP contribution >= 0.6 is 0 Å². The lowest BCUT2D eigenvalue weighted by atomic mass is 10.0. The van der Waals surface area contributed by atoms with Gasteiger partial charge in [-0.2, -0.15) is 5.21 Å². The average molecular weight is 466 g/mol. The lowest BCUT2D eigenvalue weighted by Gasteiger charge is -2.13. The van der Waals surface area contributed by atoms with E-state index < -0.39 is 12.0 Å². The van der Waals surface area contributed by atoms with Crippen molar-refractivity contribution in [3.8, 4) is 0 Å². The number of aromatic nitrogens is 4. The highest BCUT2D eigenvalue weighted by atomic mass is 16.4. The molecule has 0 aliphatic carbocycles. The molecule has 0 aliphatic heterocycles. The van der Waals surface area contributed by atoms with Gasteiger partial charge in [0.2, 0.25) is 5.91 Å². The number of nitrogens with one attached hydrogen (secondary N) is 2. The third-order valence-corrected chi connectivity index (χ3v) is 5.86. The number of aliphatic carboxylic acids is 1. The Balaban J connectivity index is 1.82. The molecule has 0 radical (unpaired) electrons. The molecule has 0 saturated heterocycles. The minimum Gasteiger partial charge on any atom is -0.480 e. The summed E-state index contributed by atoms with van der Waals surface area (Å²) in [4.78, 5) is 34.1. The fourth-order valence-corrected chi connectivity index (χ4v) is 3.85. The highest BCUT2D eigenvalue weighted by Gasteiger charge is 2.19. The molecule has 1 amide bonds. The first kappa shape index (κ1) is 28.7. The molecule has 1 rings (SSSR count). The number of ketones is 1. The third-order valence-electron chi connectivity index (χ3n) is 5.86. The van der Waals surface area contributed by atoms with E-state index in [1.54, 1.807) is 0 Å². The minimum absolute atomic E-state index is 0.0696. The second kappa shape index (κ2) is 19.2. The second-order valence-electron chi connectivity index (χ2n) is 8.98. The van der Waals surface area contributed by atoms with Crippen molar-refractivity contribution in [3.05, 3.63) is 5.82 Å². The van der Waals surface area contributed by atoms with Crippen molar-refractivity contribution in [2.45, 2.75) is 129 Å². The summed E-state index contributed by atoms with van der Waals surface area (Å²) < 4.78 is 0. The van der Waals surface area contributed by atoms with E-state index in [9.17, 15) is 14.4 Å². The van der Waals surface area contributed by atoms with E-state index in [2.05, 4.69) is 25.9 Å². The van der Waals surface area contributed by atoms with Gasteiger partial charge in [-0.05, 0) is 26.2 Å². The number of tetrazole rings is 1. The number of aryl methyl sites for hydroxylation is 1. The van der Waals surface area contributed by atoms with Crippen LogP contribution in [0.1, 0.15) is 122 Å². The molecule has 1 aromatic heterocycles. The van der Waals surface area contributed by atoms with Crippen LogP contribution in [0.15, 0.2) is 0 Å². The number of carboxylic acid groups (broad SMARTS) is 1. The van der Waals surface area contributed by atoms with Crippen molar-refractivity contribution in [2.24, 2.45) is 0 Å². The van der Waals surface area contributed by atoms with E-state index in [0.29, 0.717) is 6.42 Å². The predicted molar refractivity (Wildman–Crippen MR) is 127 cm³/mol.